The first-order valence-corrected chi connectivity index (χ1v) is 10.2. The third-order valence-corrected chi connectivity index (χ3v) is 6.66. The molecule has 1 atom stereocenters. The first-order chi connectivity index (χ1) is 12.1. The fourth-order valence-electron chi connectivity index (χ4n) is 2.65. The van der Waals surface area contributed by atoms with E-state index in [1.54, 1.807) is 0 Å². The van der Waals surface area contributed by atoms with Crippen LogP contribution in [0.3, 0.4) is 0 Å². The van der Waals surface area contributed by atoms with Crippen LogP contribution in [0.5, 0.6) is 0 Å². The SMILES string of the molecule is C[C@@H](NC(=O)CSc1nnc(-c2sc3ccccc3c2Cl)o1)C1CC1. The van der Waals surface area contributed by atoms with Crippen LogP contribution in [0, 0.1) is 5.92 Å². The van der Waals surface area contributed by atoms with Crippen molar-refractivity contribution in [1.29, 1.82) is 0 Å². The molecule has 3 aromatic rings. The molecule has 1 aliphatic carbocycles. The van der Waals surface area contributed by atoms with Crippen LogP contribution in [0.4, 0.5) is 0 Å². The van der Waals surface area contributed by atoms with Gasteiger partial charge in [-0.25, -0.2) is 0 Å². The minimum Gasteiger partial charge on any atom is -0.410 e. The highest BCUT2D eigenvalue weighted by Crippen LogP contribution is 2.41. The zero-order valence-corrected chi connectivity index (χ0v) is 15.9. The van der Waals surface area contributed by atoms with Gasteiger partial charge in [0.05, 0.1) is 10.8 Å². The van der Waals surface area contributed by atoms with Gasteiger partial charge in [0, 0.05) is 16.1 Å². The number of amides is 1. The van der Waals surface area contributed by atoms with Gasteiger partial charge in [-0.05, 0) is 31.7 Å². The fourth-order valence-corrected chi connectivity index (χ4v) is 4.66. The molecular formula is C17H16ClN3O2S2. The van der Waals surface area contributed by atoms with Crippen molar-refractivity contribution in [2.45, 2.75) is 31.0 Å². The van der Waals surface area contributed by atoms with E-state index in [0.29, 0.717) is 22.1 Å². The van der Waals surface area contributed by atoms with Gasteiger partial charge >= 0.3 is 0 Å². The number of rotatable bonds is 6. The normalized spacial score (nSPS) is 15.4. The maximum Gasteiger partial charge on any atom is 0.277 e. The molecule has 2 aromatic heterocycles. The van der Waals surface area contributed by atoms with Gasteiger partial charge < -0.3 is 9.73 Å². The predicted octanol–water partition coefficient (Wildman–Crippen LogP) is 4.61. The van der Waals surface area contributed by atoms with Crippen LogP contribution >= 0.6 is 34.7 Å². The quantitative estimate of drug-likeness (QED) is 0.619. The van der Waals surface area contributed by atoms with Crippen molar-refractivity contribution in [2.24, 2.45) is 5.92 Å². The zero-order chi connectivity index (χ0) is 17.4. The summed E-state index contributed by atoms with van der Waals surface area (Å²) in [4.78, 5) is 12.7. The molecule has 25 heavy (non-hydrogen) atoms. The Kier molecular flexibility index (Phi) is 4.71. The van der Waals surface area contributed by atoms with Crippen molar-refractivity contribution in [3.63, 3.8) is 0 Å². The minimum absolute atomic E-state index is 0.0101. The lowest BCUT2D eigenvalue weighted by molar-refractivity contribution is -0.119. The van der Waals surface area contributed by atoms with Crippen molar-refractivity contribution in [3.05, 3.63) is 29.3 Å². The fraction of sp³-hybridized carbons (Fsp3) is 0.353. The van der Waals surface area contributed by atoms with E-state index in [1.165, 1.54) is 35.9 Å². The summed E-state index contributed by atoms with van der Waals surface area (Å²) in [7, 11) is 0. The lowest BCUT2D eigenvalue weighted by Crippen LogP contribution is -2.35. The number of hydrogen-bond donors (Lipinski definition) is 1. The highest BCUT2D eigenvalue weighted by atomic mass is 35.5. The Morgan fingerprint density at radius 1 is 1.44 bits per heavy atom. The van der Waals surface area contributed by atoms with Gasteiger partial charge in [0.2, 0.25) is 5.91 Å². The molecule has 1 aromatic carbocycles. The summed E-state index contributed by atoms with van der Waals surface area (Å²) >= 11 is 9.19. The van der Waals surface area contributed by atoms with Crippen LogP contribution in [-0.4, -0.2) is 27.9 Å². The van der Waals surface area contributed by atoms with E-state index in [-0.39, 0.29) is 17.7 Å². The van der Waals surface area contributed by atoms with E-state index in [1.807, 2.05) is 24.3 Å². The van der Waals surface area contributed by atoms with Crippen molar-refractivity contribution in [3.8, 4) is 10.8 Å². The van der Waals surface area contributed by atoms with Gasteiger partial charge in [-0.1, -0.05) is 41.6 Å². The van der Waals surface area contributed by atoms with Gasteiger partial charge in [-0.2, -0.15) is 0 Å². The molecule has 0 unspecified atom stereocenters. The predicted molar refractivity (Wildman–Crippen MR) is 101 cm³/mol. The second kappa shape index (κ2) is 6.97. The smallest absolute Gasteiger partial charge is 0.277 e. The molecule has 1 fully saturated rings. The molecule has 5 nitrogen and oxygen atoms in total. The lowest BCUT2D eigenvalue weighted by atomic mass is 10.2. The highest BCUT2D eigenvalue weighted by molar-refractivity contribution is 7.99. The van der Waals surface area contributed by atoms with Gasteiger partial charge in [0.1, 0.15) is 4.88 Å². The summed E-state index contributed by atoms with van der Waals surface area (Å²) in [5.74, 6) is 1.28. The molecule has 1 saturated carbocycles. The van der Waals surface area contributed by atoms with Gasteiger partial charge in [0.25, 0.3) is 11.1 Å². The number of nitrogens with one attached hydrogen (secondary N) is 1. The van der Waals surface area contributed by atoms with Crippen LogP contribution in [0.15, 0.2) is 33.9 Å². The first-order valence-electron chi connectivity index (χ1n) is 8.05. The van der Waals surface area contributed by atoms with E-state index in [4.69, 9.17) is 16.0 Å². The van der Waals surface area contributed by atoms with Gasteiger partial charge in [0.15, 0.2) is 0 Å². The molecule has 2 heterocycles. The maximum atomic E-state index is 12.0. The molecule has 0 aliphatic heterocycles. The average Bonchev–Trinajstić information content (AvgIpc) is 3.28. The number of carbonyl (C=O) groups is 1. The summed E-state index contributed by atoms with van der Waals surface area (Å²) in [6.07, 6.45) is 2.41. The van der Waals surface area contributed by atoms with Crippen LogP contribution in [0.25, 0.3) is 20.9 Å². The standard InChI is InChI=1S/C17H16ClN3O2S2/c1-9(10-6-7-10)19-13(22)8-24-17-21-20-16(23-17)15-14(18)11-4-2-3-5-12(11)25-15/h2-5,9-10H,6-8H2,1H3,(H,19,22)/t9-/m1/s1. The van der Waals surface area contributed by atoms with Gasteiger partial charge in [-0.15, -0.1) is 21.5 Å². The zero-order valence-electron chi connectivity index (χ0n) is 13.5. The number of fused-ring (bicyclic) bond motifs is 1. The second-order valence-corrected chi connectivity index (χ2v) is 8.45. The molecule has 0 bridgehead atoms. The summed E-state index contributed by atoms with van der Waals surface area (Å²) in [6, 6.07) is 8.13. The number of aromatic nitrogens is 2. The number of hydrogen-bond acceptors (Lipinski definition) is 6. The van der Waals surface area contributed by atoms with Crippen LogP contribution in [-0.2, 0) is 4.79 Å². The van der Waals surface area contributed by atoms with E-state index in [2.05, 4.69) is 22.4 Å². The Morgan fingerprint density at radius 2 is 2.24 bits per heavy atom. The molecule has 1 N–H and O–H groups in total. The number of benzene rings is 1. The number of nitrogens with zero attached hydrogens (tertiary/aromatic N) is 2. The number of thiophene rings is 1. The summed E-state index contributed by atoms with van der Waals surface area (Å²) < 4.78 is 6.75. The van der Waals surface area contributed by atoms with E-state index >= 15 is 0 Å². The van der Waals surface area contributed by atoms with Crippen LogP contribution in [0.1, 0.15) is 19.8 Å². The Bertz CT molecular complexity index is 920. The number of halogens is 1. The molecule has 8 heteroatoms. The van der Waals surface area contributed by atoms with Crippen LogP contribution in [0.2, 0.25) is 5.02 Å². The third kappa shape index (κ3) is 3.68. The molecule has 1 aliphatic rings. The summed E-state index contributed by atoms with van der Waals surface area (Å²) in [5.41, 5.74) is 0. The van der Waals surface area contributed by atoms with Crippen molar-refractivity contribution in [2.75, 3.05) is 5.75 Å². The van der Waals surface area contributed by atoms with E-state index < -0.39 is 0 Å². The Balaban J connectivity index is 1.42. The molecular weight excluding hydrogens is 378 g/mol. The Hall–Kier alpha value is -1.57. The van der Waals surface area contributed by atoms with E-state index in [0.717, 1.165) is 15.0 Å². The van der Waals surface area contributed by atoms with Gasteiger partial charge in [-0.3, -0.25) is 4.79 Å². The minimum atomic E-state index is -0.0101. The van der Waals surface area contributed by atoms with Crippen molar-refractivity contribution >= 4 is 50.7 Å². The number of carbonyl (C=O) groups excluding carboxylic acids is 1. The molecule has 4 rings (SSSR count). The second-order valence-electron chi connectivity index (χ2n) is 6.10. The van der Waals surface area contributed by atoms with Crippen molar-refractivity contribution < 1.29 is 9.21 Å². The topological polar surface area (TPSA) is 68.0 Å². The van der Waals surface area contributed by atoms with E-state index in [9.17, 15) is 4.79 Å². The summed E-state index contributed by atoms with van der Waals surface area (Å²) in [6.45, 7) is 2.05. The Labute approximate surface area is 158 Å². The molecule has 0 radical (unpaired) electrons. The monoisotopic (exact) mass is 393 g/mol. The largest absolute Gasteiger partial charge is 0.410 e. The number of thioether (sulfide) groups is 1. The summed E-state index contributed by atoms with van der Waals surface area (Å²) in [5, 5.41) is 13.1. The lowest BCUT2D eigenvalue weighted by Gasteiger charge is -2.11. The molecule has 130 valence electrons. The van der Waals surface area contributed by atoms with Crippen molar-refractivity contribution in [1.82, 2.24) is 15.5 Å². The Morgan fingerprint density at radius 3 is 3.00 bits per heavy atom. The van der Waals surface area contributed by atoms with Crippen LogP contribution < -0.4 is 5.32 Å². The molecule has 0 saturated heterocycles. The maximum absolute atomic E-state index is 12.0. The third-order valence-electron chi connectivity index (χ3n) is 4.18. The first kappa shape index (κ1) is 16.9. The molecule has 0 spiro atoms. The average molecular weight is 394 g/mol. The highest BCUT2D eigenvalue weighted by Gasteiger charge is 2.28. The molecule has 1 amide bonds.